The number of amides is 2. The van der Waals surface area contributed by atoms with Gasteiger partial charge in [0.25, 0.3) is 5.56 Å². The molecule has 2 aliphatic heterocycles. The molecule has 0 atom stereocenters. The summed E-state index contributed by atoms with van der Waals surface area (Å²) in [5.41, 5.74) is 1.29. The molecule has 3 aromatic rings. The van der Waals surface area contributed by atoms with Gasteiger partial charge in [0.2, 0.25) is 11.8 Å². The Hall–Kier alpha value is -4.21. The Kier molecular flexibility index (Phi) is 7.36. The van der Waals surface area contributed by atoms with E-state index < -0.39 is 17.1 Å². The number of fused-ring (bicyclic) bond motifs is 1. The summed E-state index contributed by atoms with van der Waals surface area (Å²) in [6, 6.07) is 12.3. The molecular weight excluding hydrogens is 503 g/mol. The van der Waals surface area contributed by atoms with Crippen LogP contribution in [0.5, 0.6) is 5.75 Å². The lowest BCUT2D eigenvalue weighted by Gasteiger charge is -2.38. The summed E-state index contributed by atoms with van der Waals surface area (Å²) in [7, 11) is 2.62. The Bertz CT molecular complexity index is 1540. The van der Waals surface area contributed by atoms with Gasteiger partial charge in [0.1, 0.15) is 6.54 Å². The lowest BCUT2D eigenvalue weighted by Crippen LogP contribution is -2.50. The van der Waals surface area contributed by atoms with Crippen LogP contribution in [0.3, 0.4) is 0 Å². The van der Waals surface area contributed by atoms with E-state index in [0.29, 0.717) is 38.9 Å². The van der Waals surface area contributed by atoms with Crippen molar-refractivity contribution < 1.29 is 18.7 Å². The van der Waals surface area contributed by atoms with Gasteiger partial charge < -0.3 is 14.5 Å². The molecule has 3 heterocycles. The molecule has 9 nitrogen and oxygen atoms in total. The number of benzene rings is 2. The number of aromatic nitrogens is 2. The summed E-state index contributed by atoms with van der Waals surface area (Å²) < 4.78 is 21.5. The predicted molar refractivity (Wildman–Crippen MR) is 143 cm³/mol. The number of carbonyl (C=O) groups excluding carboxylic acids is 2. The van der Waals surface area contributed by atoms with E-state index in [0.717, 1.165) is 16.6 Å². The van der Waals surface area contributed by atoms with Gasteiger partial charge in [-0.25, -0.2) is 9.18 Å². The number of rotatable bonds is 5. The van der Waals surface area contributed by atoms with E-state index in [1.165, 1.54) is 48.7 Å². The van der Waals surface area contributed by atoms with Crippen molar-refractivity contribution in [2.45, 2.75) is 38.3 Å². The number of hydrogen-bond donors (Lipinski definition) is 0. The Balaban J connectivity index is 1.29. The summed E-state index contributed by atoms with van der Waals surface area (Å²) in [5.74, 6) is -0.900. The molecule has 2 aromatic carbocycles. The van der Waals surface area contributed by atoms with E-state index >= 15 is 0 Å². The number of halogens is 1. The zero-order valence-electron chi connectivity index (χ0n) is 22.1. The van der Waals surface area contributed by atoms with Gasteiger partial charge in [-0.3, -0.25) is 23.5 Å². The van der Waals surface area contributed by atoms with Gasteiger partial charge in [-0.05, 0) is 36.5 Å². The average molecular weight is 535 g/mol. The molecule has 0 unspecified atom stereocenters. The van der Waals surface area contributed by atoms with E-state index in [1.54, 1.807) is 4.90 Å². The number of methoxy groups -OCH3 is 1. The topological polar surface area (TPSA) is 93.8 Å². The molecule has 10 heteroatoms. The normalized spacial score (nSPS) is 16.1. The first-order valence-electron chi connectivity index (χ1n) is 13.1. The van der Waals surface area contributed by atoms with Crippen LogP contribution in [0.2, 0.25) is 0 Å². The van der Waals surface area contributed by atoms with Crippen molar-refractivity contribution in [3.8, 4) is 16.9 Å². The van der Waals surface area contributed by atoms with Crippen molar-refractivity contribution in [2.75, 3.05) is 26.7 Å². The van der Waals surface area contributed by atoms with Gasteiger partial charge in [0.05, 0.1) is 19.1 Å². The summed E-state index contributed by atoms with van der Waals surface area (Å²) in [4.78, 5) is 55.5. The van der Waals surface area contributed by atoms with E-state index in [2.05, 4.69) is 6.07 Å². The van der Waals surface area contributed by atoms with Crippen LogP contribution in [0.4, 0.5) is 4.39 Å². The largest absolute Gasteiger partial charge is 0.493 e. The van der Waals surface area contributed by atoms with Crippen LogP contribution < -0.4 is 16.0 Å². The Labute approximate surface area is 225 Å². The highest BCUT2D eigenvalue weighted by atomic mass is 19.1. The highest BCUT2D eigenvalue weighted by molar-refractivity contribution is 5.80. The third-order valence-corrected chi connectivity index (χ3v) is 7.78. The molecule has 5 rings (SSSR count). The van der Waals surface area contributed by atoms with Gasteiger partial charge in [0.15, 0.2) is 11.6 Å². The molecule has 0 aliphatic carbocycles. The van der Waals surface area contributed by atoms with Crippen LogP contribution in [0.15, 0.2) is 58.3 Å². The van der Waals surface area contributed by atoms with Crippen molar-refractivity contribution in [1.82, 2.24) is 18.9 Å². The van der Waals surface area contributed by atoms with Crippen molar-refractivity contribution in [2.24, 2.45) is 7.05 Å². The molecule has 2 amide bonds. The van der Waals surface area contributed by atoms with Gasteiger partial charge in [-0.2, -0.15) is 0 Å². The van der Waals surface area contributed by atoms with Crippen LogP contribution in [0.1, 0.15) is 24.0 Å². The standard InChI is InChI=1S/C29H31FN4O5/c1-31-28(37)23(22-8-5-9-24(30)27(22)39-2)17-33(29(31)38)18-26(36)32-13-11-21(12-14-32)34-15-10-19-6-3-4-7-20(19)16-25(34)35/h3-9,17,21H,10-16,18H2,1-2H3. The first-order valence-corrected chi connectivity index (χ1v) is 13.1. The van der Waals surface area contributed by atoms with Crippen LogP contribution in [-0.4, -0.2) is 63.5 Å². The first-order chi connectivity index (χ1) is 18.8. The van der Waals surface area contributed by atoms with Gasteiger partial charge in [-0.1, -0.05) is 36.4 Å². The fraction of sp³-hybridized carbons (Fsp3) is 0.379. The SMILES string of the molecule is COc1c(F)cccc1-c1cn(CC(=O)N2CCC(N3CCc4ccccc4CC3=O)CC2)c(=O)n(C)c1=O. The Morgan fingerprint density at radius 3 is 2.41 bits per heavy atom. The molecular formula is C29H31FN4O5. The zero-order chi connectivity index (χ0) is 27.7. The van der Waals surface area contributed by atoms with E-state index in [9.17, 15) is 23.6 Å². The fourth-order valence-corrected chi connectivity index (χ4v) is 5.62. The minimum atomic E-state index is -0.642. The van der Waals surface area contributed by atoms with Crippen molar-refractivity contribution in [3.05, 3.63) is 86.4 Å². The second-order valence-electron chi connectivity index (χ2n) is 10.0. The van der Waals surface area contributed by atoms with Crippen molar-refractivity contribution >= 4 is 11.8 Å². The molecule has 0 spiro atoms. The lowest BCUT2D eigenvalue weighted by molar-refractivity contribution is -0.136. The van der Waals surface area contributed by atoms with Crippen LogP contribution in [0.25, 0.3) is 11.1 Å². The minimum absolute atomic E-state index is 0.0561. The maximum Gasteiger partial charge on any atom is 0.331 e. The van der Waals surface area contributed by atoms with Crippen molar-refractivity contribution in [3.63, 3.8) is 0 Å². The number of para-hydroxylation sites is 1. The molecule has 39 heavy (non-hydrogen) atoms. The first kappa shape index (κ1) is 26.4. The quantitative estimate of drug-likeness (QED) is 0.499. The monoisotopic (exact) mass is 534 g/mol. The lowest BCUT2D eigenvalue weighted by atomic mass is 10.0. The molecule has 204 valence electrons. The highest BCUT2D eigenvalue weighted by Crippen LogP contribution is 2.30. The summed E-state index contributed by atoms with van der Waals surface area (Å²) in [5, 5.41) is 0. The molecule has 1 aromatic heterocycles. The number of piperidine rings is 1. The highest BCUT2D eigenvalue weighted by Gasteiger charge is 2.31. The molecule has 0 saturated carbocycles. The maximum absolute atomic E-state index is 14.3. The third kappa shape index (κ3) is 5.10. The Morgan fingerprint density at radius 2 is 1.69 bits per heavy atom. The minimum Gasteiger partial charge on any atom is -0.493 e. The predicted octanol–water partition coefficient (Wildman–Crippen LogP) is 1.98. The molecule has 1 fully saturated rings. The molecule has 2 aliphatic rings. The summed E-state index contributed by atoms with van der Waals surface area (Å²) >= 11 is 0. The number of likely N-dealkylation sites (tertiary alicyclic amines) is 1. The van der Waals surface area contributed by atoms with Gasteiger partial charge in [0, 0.05) is 44.5 Å². The third-order valence-electron chi connectivity index (χ3n) is 7.78. The van der Waals surface area contributed by atoms with Crippen LogP contribution >= 0.6 is 0 Å². The second-order valence-corrected chi connectivity index (χ2v) is 10.0. The number of nitrogens with zero attached hydrogens (tertiary/aromatic N) is 4. The molecule has 1 saturated heterocycles. The van der Waals surface area contributed by atoms with Crippen LogP contribution in [0, 0.1) is 5.82 Å². The number of hydrogen-bond acceptors (Lipinski definition) is 5. The van der Waals surface area contributed by atoms with Gasteiger partial charge >= 0.3 is 5.69 Å². The number of ether oxygens (including phenoxy) is 1. The summed E-state index contributed by atoms with van der Waals surface area (Å²) in [6.45, 7) is 1.32. The zero-order valence-corrected chi connectivity index (χ0v) is 22.1. The summed E-state index contributed by atoms with van der Waals surface area (Å²) in [6.07, 6.45) is 3.81. The molecule has 0 bridgehead atoms. The Morgan fingerprint density at radius 1 is 0.974 bits per heavy atom. The van der Waals surface area contributed by atoms with Crippen molar-refractivity contribution in [1.29, 1.82) is 0 Å². The van der Waals surface area contributed by atoms with Gasteiger partial charge in [-0.15, -0.1) is 0 Å². The maximum atomic E-state index is 14.3. The van der Waals surface area contributed by atoms with E-state index in [4.69, 9.17) is 4.74 Å². The van der Waals surface area contributed by atoms with E-state index in [-0.39, 0.29) is 41.3 Å². The molecule has 0 N–H and O–H groups in total. The molecule has 0 radical (unpaired) electrons. The second kappa shape index (κ2) is 10.9. The fourth-order valence-electron chi connectivity index (χ4n) is 5.62. The number of carbonyl (C=O) groups is 2. The average Bonchev–Trinajstić information content (AvgIpc) is 3.11. The van der Waals surface area contributed by atoms with E-state index in [1.807, 2.05) is 23.1 Å². The smallest absolute Gasteiger partial charge is 0.331 e. The van der Waals surface area contributed by atoms with Crippen LogP contribution in [-0.2, 0) is 36.0 Å².